The molecular formula is C24H33N3O6S2. The van der Waals surface area contributed by atoms with Crippen molar-refractivity contribution in [2.75, 3.05) is 32.1 Å². The van der Waals surface area contributed by atoms with Crippen molar-refractivity contribution in [2.24, 2.45) is 5.92 Å². The Hall–Kier alpha value is -2.31. The molecule has 2 aromatic carbocycles. The summed E-state index contributed by atoms with van der Waals surface area (Å²) in [5.41, 5.74) is 0.552. The van der Waals surface area contributed by atoms with E-state index < -0.39 is 32.5 Å². The quantitative estimate of drug-likeness (QED) is 0.467. The third-order valence-corrected chi connectivity index (χ3v) is 9.48. The molecule has 0 heterocycles. The van der Waals surface area contributed by atoms with Gasteiger partial charge >= 0.3 is 0 Å². The number of methoxy groups -OCH3 is 1. The summed E-state index contributed by atoms with van der Waals surface area (Å²) in [6.07, 6.45) is 3.82. The zero-order chi connectivity index (χ0) is 25.5. The number of carbonyl (C=O) groups excluding carboxylic acids is 1. The molecule has 2 N–H and O–H groups in total. The number of ether oxygens (including phenoxy) is 1. The first-order chi connectivity index (χ1) is 16.6. The van der Waals surface area contributed by atoms with Gasteiger partial charge in [-0.3, -0.25) is 4.79 Å². The number of hydrogen-bond donors (Lipinski definition) is 2. The molecule has 0 radical (unpaired) electrons. The second kappa shape index (κ2) is 12.1. The Kier molecular flexibility index (Phi) is 9.42. The van der Waals surface area contributed by atoms with Gasteiger partial charge in [-0.2, -0.15) is 4.31 Å². The lowest BCUT2D eigenvalue weighted by atomic mass is 9.87. The van der Waals surface area contributed by atoms with Crippen LogP contribution in [0.4, 0.5) is 5.69 Å². The van der Waals surface area contributed by atoms with Gasteiger partial charge in [-0.05, 0) is 55.2 Å². The number of rotatable bonds is 11. The van der Waals surface area contributed by atoms with Crippen molar-refractivity contribution in [1.29, 1.82) is 0 Å². The maximum atomic E-state index is 13.3. The van der Waals surface area contributed by atoms with E-state index in [2.05, 4.69) is 10.0 Å². The lowest BCUT2D eigenvalue weighted by molar-refractivity contribution is -0.116. The SMILES string of the molecule is COCCN(CC(=O)Nc1ccccc1)S(=O)(=O)c1ccc(S(=O)(=O)NC2CCCCC2C)cc1. The summed E-state index contributed by atoms with van der Waals surface area (Å²) in [7, 11) is -6.43. The molecule has 0 bridgehead atoms. The first-order valence-electron chi connectivity index (χ1n) is 11.6. The van der Waals surface area contributed by atoms with E-state index >= 15 is 0 Å². The van der Waals surface area contributed by atoms with E-state index in [1.54, 1.807) is 30.3 Å². The van der Waals surface area contributed by atoms with Crippen LogP contribution in [0.3, 0.4) is 0 Å². The molecule has 1 amide bonds. The largest absolute Gasteiger partial charge is 0.383 e. The van der Waals surface area contributed by atoms with E-state index in [-0.39, 0.29) is 34.9 Å². The van der Waals surface area contributed by atoms with Crippen LogP contribution in [0.1, 0.15) is 32.6 Å². The highest BCUT2D eigenvalue weighted by Gasteiger charge is 2.29. The summed E-state index contributed by atoms with van der Waals surface area (Å²) < 4.78 is 61.1. The average Bonchev–Trinajstić information content (AvgIpc) is 2.83. The lowest BCUT2D eigenvalue weighted by Gasteiger charge is -2.29. The third-order valence-electron chi connectivity index (χ3n) is 6.11. The molecule has 11 heteroatoms. The van der Waals surface area contributed by atoms with Gasteiger partial charge in [-0.25, -0.2) is 21.6 Å². The number of anilines is 1. The Morgan fingerprint density at radius 1 is 0.971 bits per heavy atom. The number of carbonyl (C=O) groups is 1. The number of hydrogen-bond acceptors (Lipinski definition) is 6. The second-order valence-electron chi connectivity index (χ2n) is 8.71. The highest BCUT2D eigenvalue weighted by atomic mass is 32.2. The first kappa shape index (κ1) is 27.3. The second-order valence-corrected chi connectivity index (χ2v) is 12.4. The van der Waals surface area contributed by atoms with Crippen LogP contribution < -0.4 is 10.0 Å². The summed E-state index contributed by atoms with van der Waals surface area (Å²) in [6.45, 7) is 1.67. The summed E-state index contributed by atoms with van der Waals surface area (Å²) in [5, 5.41) is 2.67. The predicted octanol–water partition coefficient (Wildman–Crippen LogP) is 2.82. The minimum absolute atomic E-state index is 0.000476. The molecule has 2 unspecified atom stereocenters. The van der Waals surface area contributed by atoms with Crippen LogP contribution in [-0.4, -0.2) is 59.9 Å². The maximum Gasteiger partial charge on any atom is 0.243 e. The molecule has 1 fully saturated rings. The van der Waals surface area contributed by atoms with Crippen LogP contribution in [-0.2, 0) is 29.6 Å². The van der Waals surface area contributed by atoms with Gasteiger partial charge in [-0.1, -0.05) is 38.0 Å². The van der Waals surface area contributed by atoms with Gasteiger partial charge in [0, 0.05) is 25.4 Å². The molecule has 9 nitrogen and oxygen atoms in total. The van der Waals surface area contributed by atoms with Crippen molar-refractivity contribution in [3.05, 3.63) is 54.6 Å². The lowest BCUT2D eigenvalue weighted by Crippen LogP contribution is -2.41. The van der Waals surface area contributed by atoms with E-state index in [0.717, 1.165) is 30.0 Å². The molecule has 3 rings (SSSR count). The number of nitrogens with one attached hydrogen (secondary N) is 2. The molecule has 2 atom stereocenters. The Bertz CT molecular complexity index is 1190. The van der Waals surface area contributed by atoms with Gasteiger partial charge in [0.15, 0.2) is 0 Å². The zero-order valence-corrected chi connectivity index (χ0v) is 21.6. The van der Waals surface area contributed by atoms with Gasteiger partial charge < -0.3 is 10.1 Å². The Balaban J connectivity index is 1.75. The number of amides is 1. The van der Waals surface area contributed by atoms with E-state index in [1.165, 1.54) is 31.4 Å². The fourth-order valence-corrected chi connectivity index (χ4v) is 6.82. The number of para-hydroxylation sites is 1. The van der Waals surface area contributed by atoms with Crippen molar-refractivity contribution in [3.63, 3.8) is 0 Å². The van der Waals surface area contributed by atoms with Gasteiger partial charge in [0.2, 0.25) is 26.0 Å². The molecule has 0 aliphatic heterocycles. The van der Waals surface area contributed by atoms with Crippen molar-refractivity contribution in [1.82, 2.24) is 9.03 Å². The summed E-state index contributed by atoms with van der Waals surface area (Å²) in [6, 6.07) is 13.7. The van der Waals surface area contributed by atoms with Gasteiger partial charge in [-0.15, -0.1) is 0 Å². The number of nitrogens with zero attached hydrogens (tertiary/aromatic N) is 1. The van der Waals surface area contributed by atoms with Crippen LogP contribution in [0.5, 0.6) is 0 Å². The first-order valence-corrected chi connectivity index (χ1v) is 14.5. The summed E-state index contributed by atoms with van der Waals surface area (Å²) >= 11 is 0. The molecule has 2 aromatic rings. The number of benzene rings is 2. The van der Waals surface area contributed by atoms with Crippen molar-refractivity contribution < 1.29 is 26.4 Å². The normalized spacial score (nSPS) is 18.9. The van der Waals surface area contributed by atoms with Gasteiger partial charge in [0.25, 0.3) is 0 Å². The Labute approximate surface area is 208 Å². The molecule has 35 heavy (non-hydrogen) atoms. The van der Waals surface area contributed by atoms with Crippen molar-refractivity contribution >= 4 is 31.6 Å². The third kappa shape index (κ3) is 7.34. The van der Waals surface area contributed by atoms with Crippen LogP contribution in [0.15, 0.2) is 64.4 Å². The molecule has 0 aromatic heterocycles. The number of sulfonamides is 2. The molecule has 1 saturated carbocycles. The Morgan fingerprint density at radius 2 is 1.60 bits per heavy atom. The van der Waals surface area contributed by atoms with Gasteiger partial charge in [0.1, 0.15) is 0 Å². The minimum atomic E-state index is -4.08. The van der Waals surface area contributed by atoms with Crippen LogP contribution in [0.25, 0.3) is 0 Å². The molecule has 1 aliphatic rings. The van der Waals surface area contributed by atoms with Crippen LogP contribution >= 0.6 is 0 Å². The smallest absolute Gasteiger partial charge is 0.243 e. The van der Waals surface area contributed by atoms with Crippen molar-refractivity contribution in [3.8, 4) is 0 Å². The van der Waals surface area contributed by atoms with Crippen LogP contribution in [0.2, 0.25) is 0 Å². The standard InChI is InChI=1S/C24H33N3O6S2/c1-19-8-6-7-11-23(19)26-34(29,30)21-12-14-22(15-13-21)35(31,32)27(16-17-33-2)18-24(28)25-20-9-4-3-5-10-20/h3-5,9-10,12-15,19,23,26H,6-8,11,16-18H2,1-2H3,(H,25,28). The van der Waals surface area contributed by atoms with Gasteiger partial charge in [0.05, 0.1) is 22.9 Å². The summed E-state index contributed by atoms with van der Waals surface area (Å²) in [4.78, 5) is 12.4. The van der Waals surface area contributed by atoms with Crippen LogP contribution in [0, 0.1) is 5.92 Å². The van der Waals surface area contributed by atoms with E-state index in [1.807, 2.05) is 6.92 Å². The van der Waals surface area contributed by atoms with Crippen molar-refractivity contribution in [2.45, 2.75) is 48.4 Å². The fraction of sp³-hybridized carbons (Fsp3) is 0.458. The topological polar surface area (TPSA) is 122 Å². The molecular weight excluding hydrogens is 490 g/mol. The molecule has 0 saturated heterocycles. The van der Waals surface area contributed by atoms with E-state index in [0.29, 0.717) is 5.69 Å². The fourth-order valence-electron chi connectivity index (χ4n) is 4.06. The minimum Gasteiger partial charge on any atom is -0.383 e. The summed E-state index contributed by atoms with van der Waals surface area (Å²) in [5.74, 6) is -0.254. The molecule has 192 valence electrons. The predicted molar refractivity (Wildman–Crippen MR) is 134 cm³/mol. The highest BCUT2D eigenvalue weighted by molar-refractivity contribution is 7.89. The maximum absolute atomic E-state index is 13.3. The highest BCUT2D eigenvalue weighted by Crippen LogP contribution is 2.26. The molecule has 0 spiro atoms. The zero-order valence-electron chi connectivity index (χ0n) is 20.0. The van der Waals surface area contributed by atoms with E-state index in [9.17, 15) is 21.6 Å². The van der Waals surface area contributed by atoms with E-state index in [4.69, 9.17) is 4.74 Å². The molecule has 1 aliphatic carbocycles. The monoisotopic (exact) mass is 523 g/mol. The Morgan fingerprint density at radius 3 is 2.23 bits per heavy atom. The average molecular weight is 524 g/mol.